The van der Waals surface area contributed by atoms with Crippen molar-refractivity contribution in [2.75, 3.05) is 18.4 Å². The maximum Gasteiger partial charge on any atom is 0.313 e. The van der Waals surface area contributed by atoms with Gasteiger partial charge in [-0.15, -0.1) is 0 Å². The number of piperidine rings is 1. The SMILES string of the molecule is Cc1cc2cc(NC(=O)C(=O)N3CCC(C(C)O)CC3)ccc2[nH]1. The second kappa shape index (κ2) is 6.65. The minimum absolute atomic E-state index is 0.205. The van der Waals surface area contributed by atoms with E-state index < -0.39 is 11.8 Å². The van der Waals surface area contributed by atoms with E-state index in [0.717, 1.165) is 29.4 Å². The smallest absolute Gasteiger partial charge is 0.313 e. The number of aliphatic hydroxyl groups is 1. The Morgan fingerprint density at radius 1 is 1.29 bits per heavy atom. The first kappa shape index (κ1) is 16.5. The summed E-state index contributed by atoms with van der Waals surface area (Å²) in [5, 5.41) is 13.3. The monoisotopic (exact) mass is 329 g/mol. The van der Waals surface area contributed by atoms with Gasteiger partial charge < -0.3 is 20.3 Å². The predicted octanol–water partition coefficient (Wildman–Crippen LogP) is 2.03. The Morgan fingerprint density at radius 3 is 2.67 bits per heavy atom. The van der Waals surface area contributed by atoms with Crippen LogP contribution in [0, 0.1) is 12.8 Å². The summed E-state index contributed by atoms with van der Waals surface area (Å²) in [6, 6.07) is 7.51. The molecule has 1 saturated heterocycles. The van der Waals surface area contributed by atoms with Gasteiger partial charge in [0, 0.05) is 35.4 Å². The standard InChI is InChI=1S/C18H23N3O3/c1-11-9-14-10-15(3-4-16(14)19-11)20-17(23)18(24)21-7-5-13(6-8-21)12(2)22/h3-4,9-10,12-13,19,22H,5-8H2,1-2H3,(H,20,23). The van der Waals surface area contributed by atoms with Crippen LogP contribution in [0.3, 0.4) is 0 Å². The molecule has 3 rings (SSSR count). The second-order valence-corrected chi connectivity index (χ2v) is 6.58. The molecule has 1 atom stereocenters. The summed E-state index contributed by atoms with van der Waals surface area (Å²) in [6.45, 7) is 4.77. The van der Waals surface area contributed by atoms with Crippen molar-refractivity contribution < 1.29 is 14.7 Å². The molecule has 3 N–H and O–H groups in total. The molecule has 0 saturated carbocycles. The number of aryl methyl sites for hydroxylation is 1. The van der Waals surface area contributed by atoms with E-state index in [9.17, 15) is 14.7 Å². The fourth-order valence-corrected chi connectivity index (χ4v) is 3.27. The Kier molecular flexibility index (Phi) is 4.57. The molecule has 1 aromatic heterocycles. The van der Waals surface area contributed by atoms with Gasteiger partial charge in [-0.1, -0.05) is 0 Å². The summed E-state index contributed by atoms with van der Waals surface area (Å²) < 4.78 is 0. The normalized spacial score (nSPS) is 17.0. The van der Waals surface area contributed by atoms with Gasteiger partial charge in [0.25, 0.3) is 0 Å². The molecule has 2 amide bonds. The number of aromatic amines is 1. The van der Waals surface area contributed by atoms with Crippen LogP contribution in [0.15, 0.2) is 24.3 Å². The van der Waals surface area contributed by atoms with Gasteiger partial charge in [-0.2, -0.15) is 0 Å². The summed E-state index contributed by atoms with van der Waals surface area (Å²) in [6.07, 6.45) is 1.09. The van der Waals surface area contributed by atoms with Crippen LogP contribution in [-0.2, 0) is 9.59 Å². The van der Waals surface area contributed by atoms with Gasteiger partial charge in [0.2, 0.25) is 0 Å². The largest absolute Gasteiger partial charge is 0.393 e. The van der Waals surface area contributed by atoms with Gasteiger partial charge in [0.1, 0.15) is 0 Å². The highest BCUT2D eigenvalue weighted by molar-refractivity contribution is 6.39. The molecule has 0 aliphatic carbocycles. The summed E-state index contributed by atoms with van der Waals surface area (Å²) in [5.41, 5.74) is 2.65. The van der Waals surface area contributed by atoms with Gasteiger partial charge in [-0.25, -0.2) is 0 Å². The van der Waals surface area contributed by atoms with Crippen molar-refractivity contribution in [2.24, 2.45) is 5.92 Å². The first-order valence-corrected chi connectivity index (χ1v) is 8.32. The lowest BCUT2D eigenvalue weighted by molar-refractivity contribution is -0.144. The Morgan fingerprint density at radius 2 is 2.00 bits per heavy atom. The fraction of sp³-hybridized carbons (Fsp3) is 0.444. The van der Waals surface area contributed by atoms with E-state index in [1.165, 1.54) is 0 Å². The van der Waals surface area contributed by atoms with Crippen LogP contribution < -0.4 is 5.32 Å². The van der Waals surface area contributed by atoms with E-state index in [4.69, 9.17) is 0 Å². The molecule has 1 aliphatic heterocycles. The molecule has 2 heterocycles. The van der Waals surface area contributed by atoms with Crippen molar-refractivity contribution in [2.45, 2.75) is 32.8 Å². The number of likely N-dealkylation sites (tertiary alicyclic amines) is 1. The van der Waals surface area contributed by atoms with Crippen LogP contribution in [0.4, 0.5) is 5.69 Å². The average Bonchev–Trinajstić information content (AvgIpc) is 2.93. The molecule has 0 bridgehead atoms. The van der Waals surface area contributed by atoms with Crippen molar-refractivity contribution in [3.8, 4) is 0 Å². The van der Waals surface area contributed by atoms with E-state index in [1.54, 1.807) is 17.9 Å². The number of amides is 2. The zero-order chi connectivity index (χ0) is 17.3. The molecule has 1 aliphatic rings. The lowest BCUT2D eigenvalue weighted by Gasteiger charge is -2.32. The molecule has 1 aromatic carbocycles. The van der Waals surface area contributed by atoms with E-state index in [2.05, 4.69) is 10.3 Å². The van der Waals surface area contributed by atoms with Gasteiger partial charge in [0.15, 0.2) is 0 Å². The quantitative estimate of drug-likeness (QED) is 0.737. The molecule has 6 heteroatoms. The Balaban J connectivity index is 1.62. The van der Waals surface area contributed by atoms with Crippen LogP contribution in [0.2, 0.25) is 0 Å². The summed E-state index contributed by atoms with van der Waals surface area (Å²) in [4.78, 5) is 29.3. The first-order valence-electron chi connectivity index (χ1n) is 8.32. The summed E-state index contributed by atoms with van der Waals surface area (Å²) >= 11 is 0. The molecule has 1 unspecified atom stereocenters. The highest BCUT2D eigenvalue weighted by Gasteiger charge is 2.28. The lowest BCUT2D eigenvalue weighted by atomic mass is 9.92. The number of rotatable bonds is 2. The number of carbonyl (C=O) groups is 2. The number of nitrogens with one attached hydrogen (secondary N) is 2. The Bertz CT molecular complexity index is 758. The molecule has 128 valence electrons. The minimum atomic E-state index is -0.614. The number of nitrogens with zero attached hydrogens (tertiary/aromatic N) is 1. The highest BCUT2D eigenvalue weighted by atomic mass is 16.3. The lowest BCUT2D eigenvalue weighted by Crippen LogP contribution is -2.45. The van der Waals surface area contributed by atoms with Gasteiger partial charge in [0.05, 0.1) is 6.10 Å². The van der Waals surface area contributed by atoms with Crippen LogP contribution in [0.25, 0.3) is 10.9 Å². The van der Waals surface area contributed by atoms with Gasteiger partial charge in [-0.05, 0) is 56.9 Å². The molecule has 24 heavy (non-hydrogen) atoms. The minimum Gasteiger partial charge on any atom is -0.393 e. The number of hydrogen-bond acceptors (Lipinski definition) is 3. The zero-order valence-corrected chi connectivity index (χ0v) is 14.0. The van der Waals surface area contributed by atoms with E-state index in [-0.39, 0.29) is 12.0 Å². The zero-order valence-electron chi connectivity index (χ0n) is 14.0. The third kappa shape index (κ3) is 3.43. The second-order valence-electron chi connectivity index (χ2n) is 6.58. The number of anilines is 1. The number of aliphatic hydroxyl groups excluding tert-OH is 1. The van der Waals surface area contributed by atoms with Gasteiger partial charge >= 0.3 is 11.8 Å². The third-order valence-electron chi connectivity index (χ3n) is 4.72. The summed E-state index contributed by atoms with van der Waals surface area (Å²) in [5.74, 6) is -0.919. The number of hydrogen-bond donors (Lipinski definition) is 3. The van der Waals surface area contributed by atoms with Crippen molar-refractivity contribution in [3.05, 3.63) is 30.0 Å². The maximum atomic E-state index is 12.3. The van der Waals surface area contributed by atoms with Crippen LogP contribution in [0.1, 0.15) is 25.5 Å². The van der Waals surface area contributed by atoms with E-state index in [1.807, 2.05) is 25.1 Å². The number of carbonyl (C=O) groups excluding carboxylic acids is 2. The molecule has 2 aromatic rings. The van der Waals surface area contributed by atoms with E-state index in [0.29, 0.717) is 18.8 Å². The van der Waals surface area contributed by atoms with Crippen molar-refractivity contribution in [1.82, 2.24) is 9.88 Å². The Hall–Kier alpha value is -2.34. The number of H-pyrrole nitrogens is 1. The molecule has 0 spiro atoms. The number of fused-ring (bicyclic) bond motifs is 1. The van der Waals surface area contributed by atoms with E-state index >= 15 is 0 Å². The summed E-state index contributed by atoms with van der Waals surface area (Å²) in [7, 11) is 0. The Labute approximate surface area is 140 Å². The fourth-order valence-electron chi connectivity index (χ4n) is 3.27. The predicted molar refractivity (Wildman–Crippen MR) is 92.7 cm³/mol. The van der Waals surface area contributed by atoms with Gasteiger partial charge in [-0.3, -0.25) is 9.59 Å². The number of aromatic nitrogens is 1. The molecule has 0 radical (unpaired) electrons. The molecular weight excluding hydrogens is 306 g/mol. The van der Waals surface area contributed by atoms with Crippen molar-refractivity contribution in [3.63, 3.8) is 0 Å². The van der Waals surface area contributed by atoms with Crippen LogP contribution in [-0.4, -0.2) is 46.0 Å². The van der Waals surface area contributed by atoms with Crippen LogP contribution in [0.5, 0.6) is 0 Å². The van der Waals surface area contributed by atoms with Crippen molar-refractivity contribution >= 4 is 28.4 Å². The highest BCUT2D eigenvalue weighted by Crippen LogP contribution is 2.22. The molecule has 1 fully saturated rings. The molecular formula is C18H23N3O3. The third-order valence-corrected chi connectivity index (χ3v) is 4.72. The average molecular weight is 329 g/mol. The van der Waals surface area contributed by atoms with Crippen molar-refractivity contribution in [1.29, 1.82) is 0 Å². The van der Waals surface area contributed by atoms with Crippen LogP contribution >= 0.6 is 0 Å². The number of benzene rings is 1. The first-order chi connectivity index (χ1) is 11.4. The molecule has 6 nitrogen and oxygen atoms in total. The maximum absolute atomic E-state index is 12.3. The topological polar surface area (TPSA) is 85.4 Å².